The Labute approximate surface area is 139 Å². The van der Waals surface area contributed by atoms with Gasteiger partial charge >= 0.3 is 5.97 Å². The molecule has 0 aliphatic carbocycles. The number of nitrogens with zero attached hydrogens (tertiary/aromatic N) is 1. The van der Waals surface area contributed by atoms with Crippen LogP contribution in [-0.2, 0) is 20.9 Å². The zero-order valence-electron chi connectivity index (χ0n) is 13.0. The van der Waals surface area contributed by atoms with E-state index in [-0.39, 0.29) is 0 Å². The fourth-order valence-electron chi connectivity index (χ4n) is 1.88. The average Bonchev–Trinajstić information content (AvgIpc) is 2.57. The summed E-state index contributed by atoms with van der Waals surface area (Å²) in [6.07, 6.45) is 0.0183. The molecular weight excluding hydrogens is 341 g/mol. The largest absolute Gasteiger partial charge is 0.451 e. The lowest BCUT2D eigenvalue weighted by molar-refractivity contribution is -0.153. The lowest BCUT2D eigenvalue weighted by Crippen LogP contribution is -2.33. The van der Waals surface area contributed by atoms with E-state index in [9.17, 15) is 27.6 Å². The van der Waals surface area contributed by atoms with Gasteiger partial charge in [-0.3, -0.25) is 14.4 Å². The van der Waals surface area contributed by atoms with E-state index in [1.165, 1.54) is 31.3 Å². The molecule has 9 heteroatoms. The number of pyridine rings is 1. The molecule has 1 atom stereocenters. The Kier molecular flexibility index (Phi) is 5.58. The minimum atomic E-state index is -1.73. The number of rotatable bonds is 5. The van der Waals surface area contributed by atoms with Crippen molar-refractivity contribution in [1.29, 1.82) is 0 Å². The highest BCUT2D eigenvalue weighted by atomic mass is 19.2. The molecule has 1 amide bonds. The van der Waals surface area contributed by atoms with Crippen LogP contribution in [0.2, 0.25) is 0 Å². The summed E-state index contributed by atoms with van der Waals surface area (Å²) in [5.74, 6) is -6.52. The summed E-state index contributed by atoms with van der Waals surface area (Å²) in [5, 5.41) is 1.99. The highest BCUT2D eigenvalue weighted by Crippen LogP contribution is 2.19. The second-order valence-electron chi connectivity index (χ2n) is 5.01. The number of benzene rings is 1. The van der Waals surface area contributed by atoms with Gasteiger partial charge in [0, 0.05) is 12.3 Å². The summed E-state index contributed by atoms with van der Waals surface area (Å²) in [5.41, 5.74) is -1.02. The van der Waals surface area contributed by atoms with Crippen molar-refractivity contribution in [3.63, 3.8) is 0 Å². The van der Waals surface area contributed by atoms with E-state index in [1.807, 2.05) is 5.32 Å². The van der Waals surface area contributed by atoms with Gasteiger partial charge in [-0.1, -0.05) is 6.07 Å². The summed E-state index contributed by atoms with van der Waals surface area (Å²) in [4.78, 5) is 35.1. The minimum Gasteiger partial charge on any atom is -0.451 e. The van der Waals surface area contributed by atoms with Crippen LogP contribution in [0.25, 0.3) is 0 Å². The molecule has 0 spiro atoms. The number of esters is 1. The van der Waals surface area contributed by atoms with E-state index < -0.39 is 53.2 Å². The highest BCUT2D eigenvalue weighted by molar-refractivity contribution is 5.95. The van der Waals surface area contributed by atoms with Gasteiger partial charge in [0.25, 0.3) is 11.5 Å². The Morgan fingerprint density at radius 3 is 2.56 bits per heavy atom. The van der Waals surface area contributed by atoms with Crippen LogP contribution in [0.5, 0.6) is 0 Å². The van der Waals surface area contributed by atoms with Gasteiger partial charge in [0.15, 0.2) is 23.6 Å². The molecule has 1 heterocycles. The molecule has 2 rings (SSSR count). The van der Waals surface area contributed by atoms with Gasteiger partial charge in [0.05, 0.1) is 5.69 Å². The van der Waals surface area contributed by atoms with Crippen LogP contribution in [0.4, 0.5) is 18.9 Å². The van der Waals surface area contributed by atoms with Gasteiger partial charge < -0.3 is 14.6 Å². The summed E-state index contributed by atoms with van der Waals surface area (Å²) >= 11 is 0. The third kappa shape index (κ3) is 4.46. The van der Waals surface area contributed by atoms with E-state index in [1.54, 1.807) is 0 Å². The van der Waals surface area contributed by atoms with Crippen LogP contribution in [0.15, 0.2) is 41.3 Å². The predicted octanol–water partition coefficient (Wildman–Crippen LogP) is 1.84. The summed E-state index contributed by atoms with van der Waals surface area (Å²) in [6, 6.07) is 5.76. The number of carbonyl (C=O) groups excluding carboxylic acids is 2. The standard InChI is InChI=1S/C16H13F3N2O4/c1-9(25-13(23)8-21-7-3-2-4-12(21)22)16(24)20-11-6-5-10(17)14(18)15(11)19/h2-7,9H,8H2,1H3,(H,20,24)/t9-/m0/s1. The second-order valence-corrected chi connectivity index (χ2v) is 5.01. The van der Waals surface area contributed by atoms with E-state index in [0.717, 1.165) is 10.6 Å². The number of hydrogen-bond donors (Lipinski definition) is 1. The molecule has 1 aromatic carbocycles. The zero-order chi connectivity index (χ0) is 18.6. The first-order valence-electron chi connectivity index (χ1n) is 7.09. The van der Waals surface area contributed by atoms with Gasteiger partial charge in [-0.05, 0) is 25.1 Å². The van der Waals surface area contributed by atoms with Crippen LogP contribution in [0.1, 0.15) is 6.92 Å². The van der Waals surface area contributed by atoms with E-state index >= 15 is 0 Å². The smallest absolute Gasteiger partial charge is 0.326 e. The van der Waals surface area contributed by atoms with Crippen molar-refractivity contribution < 1.29 is 27.5 Å². The molecule has 0 bridgehead atoms. The third-order valence-corrected chi connectivity index (χ3v) is 3.17. The van der Waals surface area contributed by atoms with Gasteiger partial charge in [-0.15, -0.1) is 0 Å². The van der Waals surface area contributed by atoms with E-state index in [4.69, 9.17) is 4.74 Å². The van der Waals surface area contributed by atoms with Crippen molar-refractivity contribution in [3.8, 4) is 0 Å². The molecule has 0 saturated heterocycles. The van der Waals surface area contributed by atoms with Crippen LogP contribution < -0.4 is 10.9 Å². The Morgan fingerprint density at radius 2 is 1.88 bits per heavy atom. The number of halogens is 3. The van der Waals surface area contributed by atoms with Crippen LogP contribution >= 0.6 is 0 Å². The molecule has 132 valence electrons. The quantitative estimate of drug-likeness (QED) is 0.657. The van der Waals surface area contributed by atoms with Crippen molar-refractivity contribution in [2.24, 2.45) is 0 Å². The fourth-order valence-corrected chi connectivity index (χ4v) is 1.88. The topological polar surface area (TPSA) is 77.4 Å². The first kappa shape index (κ1) is 18.2. The Hall–Kier alpha value is -3.10. The van der Waals surface area contributed by atoms with Gasteiger partial charge in [0.1, 0.15) is 6.54 Å². The molecule has 1 aromatic heterocycles. The van der Waals surface area contributed by atoms with Crippen molar-refractivity contribution in [2.75, 3.05) is 5.32 Å². The minimum absolute atomic E-state index is 0.420. The number of amides is 1. The van der Waals surface area contributed by atoms with Gasteiger partial charge in [0.2, 0.25) is 0 Å². The number of hydrogen-bond acceptors (Lipinski definition) is 4. The monoisotopic (exact) mass is 354 g/mol. The molecule has 0 unspecified atom stereocenters. The molecule has 0 radical (unpaired) electrons. The molecular formula is C16H13F3N2O4. The lowest BCUT2D eigenvalue weighted by Gasteiger charge is -2.14. The maximum Gasteiger partial charge on any atom is 0.326 e. The Morgan fingerprint density at radius 1 is 1.16 bits per heavy atom. The molecule has 6 nitrogen and oxygen atoms in total. The maximum atomic E-state index is 13.5. The highest BCUT2D eigenvalue weighted by Gasteiger charge is 2.21. The normalized spacial score (nSPS) is 11.7. The van der Waals surface area contributed by atoms with Gasteiger partial charge in [-0.2, -0.15) is 0 Å². The average molecular weight is 354 g/mol. The number of carbonyl (C=O) groups is 2. The molecule has 25 heavy (non-hydrogen) atoms. The number of aromatic nitrogens is 1. The molecule has 0 aliphatic rings. The van der Waals surface area contributed by atoms with Crippen LogP contribution in [0, 0.1) is 17.5 Å². The summed E-state index contributed by atoms with van der Waals surface area (Å²) in [6.45, 7) is 0.787. The fraction of sp³-hybridized carbons (Fsp3) is 0.188. The van der Waals surface area contributed by atoms with Crippen molar-refractivity contribution in [1.82, 2.24) is 4.57 Å². The number of ether oxygens (including phenoxy) is 1. The van der Waals surface area contributed by atoms with E-state index in [0.29, 0.717) is 6.07 Å². The Balaban J connectivity index is 1.98. The predicted molar refractivity (Wildman–Crippen MR) is 81.2 cm³/mol. The van der Waals surface area contributed by atoms with Crippen LogP contribution in [-0.4, -0.2) is 22.5 Å². The molecule has 0 fully saturated rings. The second kappa shape index (κ2) is 7.65. The molecule has 2 aromatic rings. The summed E-state index contributed by atoms with van der Waals surface area (Å²) < 4.78 is 45.4. The van der Waals surface area contributed by atoms with E-state index in [2.05, 4.69) is 0 Å². The number of nitrogens with one attached hydrogen (secondary N) is 1. The first-order valence-corrected chi connectivity index (χ1v) is 7.09. The van der Waals surface area contributed by atoms with Gasteiger partial charge in [-0.25, -0.2) is 13.2 Å². The summed E-state index contributed by atoms with van der Waals surface area (Å²) in [7, 11) is 0. The zero-order valence-corrected chi connectivity index (χ0v) is 13.0. The Bertz CT molecular complexity index is 867. The SMILES string of the molecule is C[C@H](OC(=O)Cn1ccccc1=O)C(=O)Nc1ccc(F)c(F)c1F. The lowest BCUT2D eigenvalue weighted by atomic mass is 10.2. The number of anilines is 1. The first-order chi connectivity index (χ1) is 11.8. The maximum absolute atomic E-state index is 13.5. The molecule has 1 N–H and O–H groups in total. The van der Waals surface area contributed by atoms with Crippen LogP contribution in [0.3, 0.4) is 0 Å². The third-order valence-electron chi connectivity index (χ3n) is 3.17. The molecule has 0 saturated carbocycles. The van der Waals surface area contributed by atoms with Crippen molar-refractivity contribution in [3.05, 3.63) is 64.3 Å². The van der Waals surface area contributed by atoms with Crippen molar-refractivity contribution >= 4 is 17.6 Å². The molecule has 0 aliphatic heterocycles. The van der Waals surface area contributed by atoms with Crippen molar-refractivity contribution in [2.45, 2.75) is 19.6 Å².